The van der Waals surface area contributed by atoms with Crippen molar-refractivity contribution in [2.45, 2.75) is 39.4 Å². The average Bonchev–Trinajstić information content (AvgIpc) is 3.04. The van der Waals surface area contributed by atoms with E-state index in [2.05, 4.69) is 27.7 Å². The number of anilines is 1. The summed E-state index contributed by atoms with van der Waals surface area (Å²) >= 11 is 0. The van der Waals surface area contributed by atoms with Crippen molar-refractivity contribution in [2.75, 3.05) is 12.4 Å². The van der Waals surface area contributed by atoms with Crippen LogP contribution in [0.25, 0.3) is 0 Å². The molecule has 2 amide bonds. The first kappa shape index (κ1) is 25.0. The number of primary amides is 1. The third-order valence-electron chi connectivity index (χ3n) is 4.36. The summed E-state index contributed by atoms with van der Waals surface area (Å²) in [5, 5.41) is 2.86. The predicted octanol–water partition coefficient (Wildman–Crippen LogP) is 3.22. The van der Waals surface area contributed by atoms with E-state index < -0.39 is 11.6 Å². The zero-order valence-electron chi connectivity index (χ0n) is 17.4. The summed E-state index contributed by atoms with van der Waals surface area (Å²) in [7, 11) is 1.29. The second-order valence-electron chi connectivity index (χ2n) is 6.61. The lowest BCUT2D eigenvalue weighted by Crippen LogP contribution is -2.27. The Bertz CT molecular complexity index is 826. The van der Waals surface area contributed by atoms with Crippen molar-refractivity contribution in [1.82, 2.24) is 4.98 Å². The predicted molar refractivity (Wildman–Crippen MR) is 109 cm³/mol. The van der Waals surface area contributed by atoms with Gasteiger partial charge in [-0.05, 0) is 50.5 Å². The first-order valence-electron chi connectivity index (χ1n) is 9.25. The number of nitrogens with two attached hydrogens (primary N) is 1. The molecule has 1 saturated heterocycles. The van der Waals surface area contributed by atoms with Crippen LogP contribution in [0.3, 0.4) is 0 Å². The number of amides is 2. The summed E-state index contributed by atoms with van der Waals surface area (Å²) in [5.41, 5.74) is 5.83. The molecule has 7 nitrogen and oxygen atoms in total. The Kier molecular flexibility index (Phi) is 10.4. The fourth-order valence-corrected chi connectivity index (χ4v) is 2.63. The molecule has 0 bridgehead atoms. The molecule has 3 rings (SSSR count). The highest BCUT2D eigenvalue weighted by Crippen LogP contribution is 2.26. The van der Waals surface area contributed by atoms with Crippen molar-refractivity contribution in [3.05, 3.63) is 53.9 Å². The van der Waals surface area contributed by atoms with E-state index in [1.807, 2.05) is 19.9 Å². The van der Waals surface area contributed by atoms with Gasteiger partial charge in [-0.2, -0.15) is 4.39 Å². The van der Waals surface area contributed by atoms with Gasteiger partial charge in [0, 0.05) is 17.6 Å². The Labute approximate surface area is 174 Å². The molecule has 30 heavy (non-hydrogen) atoms. The van der Waals surface area contributed by atoms with E-state index in [-0.39, 0.29) is 30.3 Å². The molecule has 0 aliphatic carbocycles. The SMILES string of the molecule is COc1cccc(F)c1F.Cc1cc(NC(=O)C2CC(C)C(C)O2)ccn1.NC=O. The molecular weight excluding hydrogens is 396 g/mol. The fourth-order valence-electron chi connectivity index (χ4n) is 2.63. The van der Waals surface area contributed by atoms with Gasteiger partial charge in [-0.3, -0.25) is 14.6 Å². The van der Waals surface area contributed by atoms with Crippen LogP contribution in [0.1, 0.15) is 26.0 Å². The van der Waals surface area contributed by atoms with Crippen LogP contribution in [-0.2, 0) is 14.3 Å². The molecule has 1 aromatic heterocycles. The number of rotatable bonds is 3. The molecule has 0 radical (unpaired) electrons. The number of methoxy groups -OCH3 is 1. The van der Waals surface area contributed by atoms with Gasteiger partial charge in [0.05, 0.1) is 13.2 Å². The van der Waals surface area contributed by atoms with Crippen LogP contribution in [0.15, 0.2) is 36.5 Å². The number of hydrogen-bond acceptors (Lipinski definition) is 5. The van der Waals surface area contributed by atoms with Crippen LogP contribution >= 0.6 is 0 Å². The van der Waals surface area contributed by atoms with Gasteiger partial charge in [0.1, 0.15) is 6.10 Å². The third kappa shape index (κ3) is 7.75. The summed E-state index contributed by atoms with van der Waals surface area (Å²) in [6.07, 6.45) is 2.56. The molecule has 164 valence electrons. The maximum atomic E-state index is 12.5. The molecule has 2 aromatic rings. The van der Waals surface area contributed by atoms with Gasteiger partial charge in [-0.1, -0.05) is 13.0 Å². The average molecular weight is 423 g/mol. The van der Waals surface area contributed by atoms with Crippen molar-refractivity contribution in [3.8, 4) is 5.75 Å². The molecule has 3 N–H and O–H groups in total. The summed E-state index contributed by atoms with van der Waals surface area (Å²) in [6.45, 7) is 6.01. The molecule has 1 aliphatic heterocycles. The second kappa shape index (κ2) is 12.5. The Balaban J connectivity index is 0.000000294. The molecule has 0 saturated carbocycles. The largest absolute Gasteiger partial charge is 0.494 e. The highest BCUT2D eigenvalue weighted by atomic mass is 19.2. The van der Waals surface area contributed by atoms with E-state index in [9.17, 15) is 13.6 Å². The number of aryl methyl sites for hydroxylation is 1. The lowest BCUT2D eigenvalue weighted by atomic mass is 10.0. The number of benzene rings is 1. The Morgan fingerprint density at radius 1 is 1.33 bits per heavy atom. The number of pyridine rings is 1. The standard InChI is InChI=1S/C13H18N2O2.C7H6F2O.CH3NO/c1-8-6-12(17-10(8)3)13(16)15-11-4-5-14-9(2)7-11;1-10-6-4-2-3-5(8)7(6)9;2-1-3/h4-5,7-8,10,12H,6H2,1-3H3,(H,14,15,16);2-4H,1H3;1H,(H2,2,3). The highest BCUT2D eigenvalue weighted by molar-refractivity contribution is 5.94. The van der Waals surface area contributed by atoms with Crippen LogP contribution in [0.4, 0.5) is 14.5 Å². The van der Waals surface area contributed by atoms with Crippen molar-refractivity contribution in [3.63, 3.8) is 0 Å². The van der Waals surface area contributed by atoms with Gasteiger partial charge in [0.25, 0.3) is 5.91 Å². The minimum absolute atomic E-state index is 0.0631. The summed E-state index contributed by atoms with van der Waals surface area (Å²) < 4.78 is 34.9. The number of halogens is 2. The number of aromatic nitrogens is 1. The molecule has 9 heteroatoms. The van der Waals surface area contributed by atoms with E-state index in [0.29, 0.717) is 5.92 Å². The van der Waals surface area contributed by atoms with Crippen LogP contribution in [-0.4, -0.2) is 36.6 Å². The number of carbonyl (C=O) groups is 2. The van der Waals surface area contributed by atoms with Crippen LogP contribution in [0, 0.1) is 24.5 Å². The van der Waals surface area contributed by atoms with Crippen molar-refractivity contribution in [2.24, 2.45) is 11.7 Å². The van der Waals surface area contributed by atoms with E-state index >= 15 is 0 Å². The molecule has 3 unspecified atom stereocenters. The van der Waals surface area contributed by atoms with Gasteiger partial charge in [-0.15, -0.1) is 0 Å². The zero-order valence-corrected chi connectivity index (χ0v) is 17.4. The number of carbonyl (C=O) groups excluding carboxylic acids is 2. The molecule has 3 atom stereocenters. The fraction of sp³-hybridized carbons (Fsp3) is 0.381. The monoisotopic (exact) mass is 423 g/mol. The summed E-state index contributed by atoms with van der Waals surface area (Å²) in [4.78, 5) is 24.6. The van der Waals surface area contributed by atoms with E-state index in [0.717, 1.165) is 23.9 Å². The number of hydrogen-bond donors (Lipinski definition) is 2. The zero-order chi connectivity index (χ0) is 22.7. The maximum absolute atomic E-state index is 12.5. The molecule has 1 fully saturated rings. The van der Waals surface area contributed by atoms with E-state index in [1.54, 1.807) is 12.3 Å². The van der Waals surface area contributed by atoms with Crippen molar-refractivity contribution < 1.29 is 27.8 Å². The lowest BCUT2D eigenvalue weighted by molar-refractivity contribution is -0.126. The molecule has 1 aromatic carbocycles. The smallest absolute Gasteiger partial charge is 0.253 e. The first-order chi connectivity index (χ1) is 14.2. The topological polar surface area (TPSA) is 104 Å². The van der Waals surface area contributed by atoms with Crippen molar-refractivity contribution >= 4 is 18.0 Å². The third-order valence-corrected chi connectivity index (χ3v) is 4.36. The van der Waals surface area contributed by atoms with Crippen molar-refractivity contribution in [1.29, 1.82) is 0 Å². The normalized spacial score (nSPS) is 19.5. The van der Waals surface area contributed by atoms with E-state index in [4.69, 9.17) is 9.53 Å². The number of ether oxygens (including phenoxy) is 2. The molecule has 0 spiro atoms. The van der Waals surface area contributed by atoms with Crippen LogP contribution < -0.4 is 15.8 Å². The number of nitrogens with zero attached hydrogens (tertiary/aromatic N) is 1. The van der Waals surface area contributed by atoms with Crippen LogP contribution in [0.2, 0.25) is 0 Å². The Hall–Kier alpha value is -3.07. The van der Waals surface area contributed by atoms with Gasteiger partial charge in [0.2, 0.25) is 12.2 Å². The quantitative estimate of drug-likeness (QED) is 0.738. The minimum Gasteiger partial charge on any atom is -0.494 e. The Morgan fingerprint density at radius 3 is 2.50 bits per heavy atom. The summed E-state index contributed by atoms with van der Waals surface area (Å²) in [6, 6.07) is 7.42. The van der Waals surface area contributed by atoms with Gasteiger partial charge in [-0.25, -0.2) is 4.39 Å². The molecule has 1 aliphatic rings. The summed E-state index contributed by atoms with van der Waals surface area (Å²) in [5.74, 6) is -1.53. The Morgan fingerprint density at radius 2 is 2.00 bits per heavy atom. The van der Waals surface area contributed by atoms with E-state index in [1.165, 1.54) is 19.2 Å². The van der Waals surface area contributed by atoms with Crippen LogP contribution in [0.5, 0.6) is 5.75 Å². The highest BCUT2D eigenvalue weighted by Gasteiger charge is 2.33. The lowest BCUT2D eigenvalue weighted by Gasteiger charge is -2.11. The first-order valence-corrected chi connectivity index (χ1v) is 9.25. The van der Waals surface area contributed by atoms with Gasteiger partial charge >= 0.3 is 0 Å². The molecular formula is C21H27F2N3O4. The van der Waals surface area contributed by atoms with Gasteiger partial charge in [0.15, 0.2) is 11.6 Å². The number of nitrogens with one attached hydrogen (secondary N) is 1. The molecule has 2 heterocycles. The maximum Gasteiger partial charge on any atom is 0.253 e. The minimum atomic E-state index is -0.940. The second-order valence-corrected chi connectivity index (χ2v) is 6.61. The van der Waals surface area contributed by atoms with Gasteiger partial charge < -0.3 is 20.5 Å².